The molecule has 0 radical (unpaired) electrons. The molecule has 0 bridgehead atoms. The Bertz CT molecular complexity index is 1190. The van der Waals surface area contributed by atoms with Crippen molar-refractivity contribution in [1.82, 2.24) is 10.4 Å². The number of nitrogens with one attached hydrogen (secondary N) is 1. The van der Waals surface area contributed by atoms with E-state index in [2.05, 4.69) is 15.5 Å². The van der Waals surface area contributed by atoms with Gasteiger partial charge in [-0.3, -0.25) is 4.79 Å². The van der Waals surface area contributed by atoms with Gasteiger partial charge in [0.05, 0.1) is 37.8 Å². The molecule has 0 atom stereocenters. The van der Waals surface area contributed by atoms with Crippen molar-refractivity contribution in [2.75, 3.05) is 14.2 Å². The van der Waals surface area contributed by atoms with Gasteiger partial charge in [-0.25, -0.2) is 10.4 Å². The second-order valence-electron chi connectivity index (χ2n) is 6.39. The highest BCUT2D eigenvalue weighted by atomic mass is 16.5. The average Bonchev–Trinajstić information content (AvgIpc) is 3.33. The number of hydrogen-bond donors (Lipinski definition) is 1. The lowest BCUT2D eigenvalue weighted by atomic mass is 10.1. The molecule has 0 spiro atoms. The molecule has 0 fully saturated rings. The molecule has 0 unspecified atom stereocenters. The molecular formula is C23H19N3O4. The number of para-hydroxylation sites is 1. The molecule has 0 aliphatic carbocycles. The maximum Gasteiger partial charge on any atom is 0.272 e. The van der Waals surface area contributed by atoms with Gasteiger partial charge in [0.25, 0.3) is 5.91 Å². The monoisotopic (exact) mass is 401 g/mol. The summed E-state index contributed by atoms with van der Waals surface area (Å²) in [4.78, 5) is 17.5. The highest BCUT2D eigenvalue weighted by Gasteiger charge is 2.14. The van der Waals surface area contributed by atoms with Crippen LogP contribution in [0.4, 0.5) is 0 Å². The number of nitrogens with zero attached hydrogens (tertiary/aromatic N) is 2. The minimum Gasteiger partial charge on any atom is -0.497 e. The van der Waals surface area contributed by atoms with Gasteiger partial charge in [0, 0.05) is 17.0 Å². The quantitative estimate of drug-likeness (QED) is 0.385. The Balaban J connectivity index is 1.63. The van der Waals surface area contributed by atoms with Crippen LogP contribution in [0.25, 0.3) is 22.4 Å². The summed E-state index contributed by atoms with van der Waals surface area (Å²) in [6.45, 7) is 0. The standard InChI is InChI=1S/C23H19N3O4/c1-28-16-10-15(11-17(12-16)29-2)14-24-26-23(27)19-13-21(22-8-5-9-30-22)25-20-7-4-3-6-18(19)20/h3-14H,1-2H3,(H,26,27)/b24-14-. The van der Waals surface area contributed by atoms with E-state index in [0.717, 1.165) is 10.9 Å². The number of hydrazone groups is 1. The Kier molecular flexibility index (Phi) is 5.43. The molecule has 7 heteroatoms. The first-order valence-corrected chi connectivity index (χ1v) is 9.18. The maximum absolute atomic E-state index is 12.9. The molecule has 0 saturated carbocycles. The van der Waals surface area contributed by atoms with E-state index in [1.807, 2.05) is 24.3 Å². The zero-order valence-electron chi connectivity index (χ0n) is 16.5. The smallest absolute Gasteiger partial charge is 0.272 e. The van der Waals surface area contributed by atoms with E-state index in [-0.39, 0.29) is 5.91 Å². The van der Waals surface area contributed by atoms with Crippen LogP contribution in [0.15, 0.2) is 76.4 Å². The molecule has 1 N–H and O–H groups in total. The van der Waals surface area contributed by atoms with Crippen LogP contribution in [0, 0.1) is 0 Å². The highest BCUT2D eigenvalue weighted by Crippen LogP contribution is 2.25. The summed E-state index contributed by atoms with van der Waals surface area (Å²) < 4.78 is 15.9. The van der Waals surface area contributed by atoms with E-state index in [0.29, 0.717) is 34.0 Å². The van der Waals surface area contributed by atoms with Gasteiger partial charge in [0.1, 0.15) is 17.2 Å². The van der Waals surface area contributed by atoms with Crippen LogP contribution in [0.1, 0.15) is 15.9 Å². The van der Waals surface area contributed by atoms with Gasteiger partial charge in [-0.05, 0) is 36.4 Å². The normalized spacial score (nSPS) is 11.0. The van der Waals surface area contributed by atoms with Crippen LogP contribution in [0.2, 0.25) is 0 Å². The third kappa shape index (κ3) is 4.00. The third-order valence-electron chi connectivity index (χ3n) is 4.49. The van der Waals surface area contributed by atoms with Crippen molar-refractivity contribution in [2.45, 2.75) is 0 Å². The molecule has 2 heterocycles. The Hall–Kier alpha value is -4.13. The van der Waals surface area contributed by atoms with E-state index in [4.69, 9.17) is 13.9 Å². The van der Waals surface area contributed by atoms with Crippen molar-refractivity contribution in [2.24, 2.45) is 5.10 Å². The van der Waals surface area contributed by atoms with Crippen molar-refractivity contribution in [3.63, 3.8) is 0 Å². The topological polar surface area (TPSA) is 86.0 Å². The first kappa shape index (κ1) is 19.2. The first-order valence-electron chi connectivity index (χ1n) is 9.18. The first-order chi connectivity index (χ1) is 14.7. The Labute approximate surface area is 173 Å². The molecule has 0 aliphatic rings. The summed E-state index contributed by atoms with van der Waals surface area (Å²) in [6.07, 6.45) is 3.10. The number of carbonyl (C=O) groups excluding carboxylic acids is 1. The van der Waals surface area contributed by atoms with Gasteiger partial charge in [-0.15, -0.1) is 0 Å². The van der Waals surface area contributed by atoms with E-state index in [1.165, 1.54) is 6.21 Å². The molecule has 4 aromatic rings. The molecule has 4 rings (SSSR count). The Morgan fingerprint density at radius 2 is 1.80 bits per heavy atom. The maximum atomic E-state index is 12.9. The second-order valence-corrected chi connectivity index (χ2v) is 6.39. The SMILES string of the molecule is COc1cc(/C=N\NC(=O)c2cc(-c3ccco3)nc3ccccc23)cc(OC)c1. The number of amides is 1. The van der Waals surface area contributed by atoms with Crippen molar-refractivity contribution in [3.05, 3.63) is 78.1 Å². The predicted molar refractivity (Wildman–Crippen MR) is 114 cm³/mol. The lowest BCUT2D eigenvalue weighted by Crippen LogP contribution is -2.18. The van der Waals surface area contributed by atoms with Gasteiger partial charge in [-0.2, -0.15) is 5.10 Å². The van der Waals surface area contributed by atoms with Gasteiger partial charge >= 0.3 is 0 Å². The lowest BCUT2D eigenvalue weighted by molar-refractivity contribution is 0.0956. The van der Waals surface area contributed by atoms with Gasteiger partial charge in [0.15, 0.2) is 5.76 Å². The minimum absolute atomic E-state index is 0.354. The molecule has 150 valence electrons. The summed E-state index contributed by atoms with van der Waals surface area (Å²) in [5.41, 5.74) is 5.02. The predicted octanol–water partition coefficient (Wildman–Crippen LogP) is 4.28. The number of pyridine rings is 1. The van der Waals surface area contributed by atoms with E-state index in [9.17, 15) is 4.79 Å². The fourth-order valence-electron chi connectivity index (χ4n) is 3.04. The van der Waals surface area contributed by atoms with Crippen LogP contribution >= 0.6 is 0 Å². The largest absolute Gasteiger partial charge is 0.497 e. The van der Waals surface area contributed by atoms with Crippen LogP contribution < -0.4 is 14.9 Å². The Morgan fingerprint density at radius 1 is 1.03 bits per heavy atom. The molecule has 2 aromatic heterocycles. The van der Waals surface area contributed by atoms with Crippen molar-refractivity contribution >= 4 is 23.0 Å². The number of carbonyl (C=O) groups is 1. The Morgan fingerprint density at radius 3 is 2.50 bits per heavy atom. The van der Waals surface area contributed by atoms with E-state index in [1.54, 1.807) is 56.9 Å². The summed E-state index contributed by atoms with van der Waals surface area (Å²) >= 11 is 0. The van der Waals surface area contributed by atoms with E-state index < -0.39 is 0 Å². The summed E-state index contributed by atoms with van der Waals surface area (Å²) in [6, 6.07) is 18.0. The van der Waals surface area contributed by atoms with Crippen molar-refractivity contribution < 1.29 is 18.7 Å². The second kappa shape index (κ2) is 8.48. The number of furan rings is 1. The van der Waals surface area contributed by atoms with Gasteiger partial charge in [-0.1, -0.05) is 18.2 Å². The molecule has 2 aromatic carbocycles. The molecular weight excluding hydrogens is 382 g/mol. The molecule has 1 amide bonds. The van der Waals surface area contributed by atoms with Gasteiger partial charge < -0.3 is 13.9 Å². The highest BCUT2D eigenvalue weighted by molar-refractivity contribution is 6.07. The summed E-state index contributed by atoms with van der Waals surface area (Å²) in [7, 11) is 3.14. The number of ether oxygens (including phenoxy) is 2. The van der Waals surface area contributed by atoms with E-state index >= 15 is 0 Å². The van der Waals surface area contributed by atoms with Crippen molar-refractivity contribution in [3.8, 4) is 23.0 Å². The number of rotatable bonds is 6. The molecule has 0 aliphatic heterocycles. The fraction of sp³-hybridized carbons (Fsp3) is 0.0870. The van der Waals surface area contributed by atoms with Crippen LogP contribution in [0.3, 0.4) is 0 Å². The van der Waals surface area contributed by atoms with Crippen molar-refractivity contribution in [1.29, 1.82) is 0 Å². The summed E-state index contributed by atoms with van der Waals surface area (Å²) in [5, 5.41) is 4.81. The number of hydrogen-bond acceptors (Lipinski definition) is 6. The zero-order chi connectivity index (χ0) is 20.9. The third-order valence-corrected chi connectivity index (χ3v) is 4.49. The average molecular weight is 401 g/mol. The molecule has 7 nitrogen and oxygen atoms in total. The van der Waals surface area contributed by atoms with Crippen LogP contribution in [0.5, 0.6) is 11.5 Å². The zero-order valence-corrected chi connectivity index (χ0v) is 16.5. The lowest BCUT2D eigenvalue weighted by Gasteiger charge is -2.08. The van der Waals surface area contributed by atoms with Gasteiger partial charge in [0.2, 0.25) is 0 Å². The van der Waals surface area contributed by atoms with Crippen LogP contribution in [-0.4, -0.2) is 31.3 Å². The fourth-order valence-corrected chi connectivity index (χ4v) is 3.04. The summed E-state index contributed by atoms with van der Waals surface area (Å²) in [5.74, 6) is 1.49. The molecule has 30 heavy (non-hydrogen) atoms. The number of benzene rings is 2. The number of fused-ring (bicyclic) bond motifs is 1. The number of aromatic nitrogens is 1. The number of methoxy groups -OCH3 is 2. The van der Waals surface area contributed by atoms with Crippen LogP contribution in [-0.2, 0) is 0 Å². The minimum atomic E-state index is -0.354. The molecule has 0 saturated heterocycles.